The molecule has 0 saturated carbocycles. The van der Waals surface area contributed by atoms with Gasteiger partial charge < -0.3 is 37.9 Å². The molecule has 0 aromatic rings. The van der Waals surface area contributed by atoms with Crippen LogP contribution in [0.2, 0.25) is 0 Å². The standard InChI is InChI=1S/C2H5O5P.4Ca.2ClH.H2O4S.6H/c1-2(3)7-8(4,5)6;;;;;;;1-5(2,3)4;;;;;;/h1H3,(H2,4,5,6);;;;;2*1H;(H2,1,2,3,4);;;;;;/q;4*+2;;;;6*-1/p-2. The summed E-state index contributed by atoms with van der Waals surface area (Å²) in [4.78, 5) is 25.5. The van der Waals surface area contributed by atoms with Crippen LogP contribution in [0.25, 0.3) is 0 Å². The van der Waals surface area contributed by atoms with Crippen molar-refractivity contribution in [2.45, 2.75) is 6.92 Å². The van der Waals surface area contributed by atoms with Crippen LogP contribution < -0.4 is 24.8 Å². The Balaban J connectivity index is -0.00000000561. The van der Waals surface area contributed by atoms with Gasteiger partial charge in [-0.3, -0.25) is 23.7 Å². The normalized spacial score (nSPS) is 7.63. The van der Waals surface area contributed by atoms with Gasteiger partial charge in [0.05, 0.1) is 0 Å². The predicted molar refractivity (Wildman–Crippen MR) is 67.7 cm³/mol. The molecule has 0 fully saturated rings. The summed E-state index contributed by atoms with van der Waals surface area (Å²) in [5.74, 6) is -0.988. The number of carbonyl (C=O) groups excluding carboxylic acids is 1. The van der Waals surface area contributed by atoms with E-state index in [0.717, 1.165) is 6.92 Å². The molecule has 0 aliphatic carbocycles. The molecule has 0 aromatic carbocycles. The smallest absolute Gasteiger partial charge is 1.00 e. The van der Waals surface area contributed by atoms with Crippen LogP contribution in [0.4, 0.5) is 0 Å². The Kier molecular flexibility index (Phi) is 66.2. The molecule has 4 N–H and O–H groups in total. The van der Waals surface area contributed by atoms with Crippen LogP contribution in [-0.4, -0.2) is 184 Å². The van der Waals surface area contributed by atoms with Gasteiger partial charge in [0.25, 0.3) is 0 Å². The van der Waals surface area contributed by atoms with Crippen molar-refractivity contribution in [1.82, 2.24) is 0 Å². The maximum Gasteiger partial charge on any atom is 2.00 e. The van der Waals surface area contributed by atoms with Gasteiger partial charge in [-0.15, -0.1) is 0 Å². The zero-order chi connectivity index (χ0) is 11.3. The molecule has 0 aliphatic heterocycles. The van der Waals surface area contributed by atoms with E-state index in [0.29, 0.717) is 0 Å². The molecule has 0 aromatic heterocycles. The third kappa shape index (κ3) is 101. The van der Waals surface area contributed by atoms with Crippen LogP contribution in [0.3, 0.4) is 0 Å². The van der Waals surface area contributed by atoms with Gasteiger partial charge in [0.15, 0.2) is 0 Å². The van der Waals surface area contributed by atoms with Crippen molar-refractivity contribution >= 4 is 175 Å². The van der Waals surface area contributed by atoms with E-state index in [1.807, 2.05) is 0 Å². The first kappa shape index (κ1) is 49.6. The first-order valence-electron chi connectivity index (χ1n) is 2.37. The zero-order valence-corrected chi connectivity index (χ0v) is 21.8. The fraction of sp³-hybridized carbons (Fsp3) is 0.500. The fourth-order valence-corrected chi connectivity index (χ4v) is 0.502. The topological polar surface area (TPSA) is 158 Å². The SMILES string of the molecule is CC(=O)OP(=O)(O)O.O=S(=O)(O)O.[Ca+2].[Ca+2].[Ca+2].[Ca+2].[Cl-].[Cl-].[H-].[H-].[H-].[H-].[H-].[H-]. The van der Waals surface area contributed by atoms with Crippen LogP contribution in [0.1, 0.15) is 15.5 Å². The molecule has 0 atom stereocenters. The van der Waals surface area contributed by atoms with Crippen molar-refractivity contribution < 1.29 is 74.6 Å². The fourth-order valence-electron chi connectivity index (χ4n) is 0.167. The molecule has 0 spiro atoms. The van der Waals surface area contributed by atoms with Crippen molar-refractivity contribution in [3.8, 4) is 0 Å². The van der Waals surface area contributed by atoms with E-state index in [4.69, 9.17) is 27.3 Å². The molecule has 17 heteroatoms. The molecule has 19 heavy (non-hydrogen) atoms. The van der Waals surface area contributed by atoms with E-state index in [9.17, 15) is 9.36 Å². The molecule has 0 heterocycles. The van der Waals surface area contributed by atoms with Gasteiger partial charge in [-0.25, -0.2) is 4.57 Å². The Morgan fingerprint density at radius 1 is 1.05 bits per heavy atom. The molecule has 9 nitrogen and oxygen atoms in total. The van der Waals surface area contributed by atoms with Crippen molar-refractivity contribution in [1.29, 1.82) is 0 Å². The van der Waals surface area contributed by atoms with E-state index in [2.05, 4.69) is 4.52 Å². The van der Waals surface area contributed by atoms with Crippen LogP contribution >= 0.6 is 7.82 Å². The second-order valence-electron chi connectivity index (χ2n) is 1.52. The average molecular weight is 475 g/mol. The molecule has 0 aliphatic rings. The number of halogens is 2. The van der Waals surface area contributed by atoms with Crippen LogP contribution in [0.5, 0.6) is 0 Å². The summed E-state index contributed by atoms with van der Waals surface area (Å²) < 4.78 is 44.7. The molecule has 0 saturated heterocycles. The maximum absolute atomic E-state index is 9.74. The summed E-state index contributed by atoms with van der Waals surface area (Å²) in [6, 6.07) is 0. The molecule has 0 radical (unpaired) electrons. The van der Waals surface area contributed by atoms with Crippen molar-refractivity contribution in [2.24, 2.45) is 0 Å². The third-order valence-electron chi connectivity index (χ3n) is 0.247. The largest absolute Gasteiger partial charge is 2.00 e. The summed E-state index contributed by atoms with van der Waals surface area (Å²) in [5.41, 5.74) is 0. The molecule has 0 rings (SSSR count). The van der Waals surface area contributed by atoms with Gasteiger partial charge in [0, 0.05) is 6.92 Å². The molecule has 0 amide bonds. The van der Waals surface area contributed by atoms with Crippen LogP contribution in [0.15, 0.2) is 0 Å². The zero-order valence-electron chi connectivity index (χ0n) is 15.8. The Bertz CT molecular complexity index is 330. The van der Waals surface area contributed by atoms with E-state index >= 15 is 0 Å². The van der Waals surface area contributed by atoms with Crippen LogP contribution in [0, 0.1) is 0 Å². The monoisotopic (exact) mass is 474 g/mol. The number of phosphoric acid groups is 1. The molecule has 0 unspecified atom stereocenters. The van der Waals surface area contributed by atoms with E-state index in [1.165, 1.54) is 0 Å². The molecule has 0 bridgehead atoms. The van der Waals surface area contributed by atoms with Gasteiger partial charge in [0.2, 0.25) is 0 Å². The van der Waals surface area contributed by atoms with E-state index in [-0.39, 0.29) is 184 Å². The number of hydrogen-bond donors (Lipinski definition) is 4. The molecular weight excluding hydrogens is 462 g/mol. The van der Waals surface area contributed by atoms with E-state index < -0.39 is 24.2 Å². The Morgan fingerprint density at radius 2 is 1.21 bits per heavy atom. The van der Waals surface area contributed by atoms with Crippen molar-refractivity contribution in [2.75, 3.05) is 0 Å². The first-order valence-corrected chi connectivity index (χ1v) is 5.30. The molecule has 108 valence electrons. The maximum atomic E-state index is 9.74. The summed E-state index contributed by atoms with van der Waals surface area (Å²) >= 11 is 0. The van der Waals surface area contributed by atoms with Crippen LogP contribution in [-0.2, 0) is 24.3 Å². The summed E-state index contributed by atoms with van der Waals surface area (Å²) in [7, 11) is -9.24. The number of rotatable bonds is 1. The minimum Gasteiger partial charge on any atom is -1.00 e. The molecular formula is C2H13Ca4Cl2O9PS. The number of phosphoric ester groups is 1. The van der Waals surface area contributed by atoms with Gasteiger partial charge in [0.1, 0.15) is 0 Å². The Hall–Kier alpha value is 5.11. The minimum absolute atomic E-state index is 0. The van der Waals surface area contributed by atoms with Gasteiger partial charge in [-0.05, 0) is 0 Å². The van der Waals surface area contributed by atoms with E-state index in [1.54, 1.807) is 0 Å². The summed E-state index contributed by atoms with van der Waals surface area (Å²) in [6.45, 7) is 0.916. The van der Waals surface area contributed by atoms with Gasteiger partial charge in [-0.1, -0.05) is 0 Å². The van der Waals surface area contributed by atoms with Crippen molar-refractivity contribution in [3.05, 3.63) is 0 Å². The third-order valence-corrected chi connectivity index (χ3v) is 0.742. The van der Waals surface area contributed by atoms with Gasteiger partial charge in [-0.2, -0.15) is 8.42 Å². The predicted octanol–water partition coefficient (Wildman–Crippen LogP) is -7.85. The summed E-state index contributed by atoms with van der Waals surface area (Å²) in [6.07, 6.45) is 0. The second kappa shape index (κ2) is 25.4. The number of carbonyl (C=O) groups is 1. The number of hydrogen-bond acceptors (Lipinski definition) is 5. The quantitative estimate of drug-likeness (QED) is 0.164. The van der Waals surface area contributed by atoms with Gasteiger partial charge >= 0.3 is 175 Å². The Morgan fingerprint density at radius 3 is 1.21 bits per heavy atom. The average Bonchev–Trinajstić information content (AvgIpc) is 1.47. The first-order chi connectivity index (χ1) is 5.42. The summed E-state index contributed by atoms with van der Waals surface area (Å²) in [5, 5.41) is 0. The minimum atomic E-state index is -4.67. The second-order valence-corrected chi connectivity index (χ2v) is 3.58. The van der Waals surface area contributed by atoms with Crippen molar-refractivity contribution in [3.63, 3.8) is 0 Å². The Labute approximate surface area is 251 Å².